The highest BCUT2D eigenvalue weighted by Crippen LogP contribution is 2.29. The summed E-state index contributed by atoms with van der Waals surface area (Å²) in [4.78, 5) is 11.2. The molecule has 0 atom stereocenters. The molecule has 3 aromatic rings. The maximum absolute atomic E-state index is 11.2. The topological polar surface area (TPSA) is 55.8 Å². The van der Waals surface area contributed by atoms with E-state index in [2.05, 4.69) is 0 Å². The fraction of sp³-hybridized carbons (Fsp3) is 0.0952. The molecule has 0 amide bonds. The molecule has 0 saturated carbocycles. The Hall–Kier alpha value is -3.27. The third-order valence-electron chi connectivity index (χ3n) is 3.69. The van der Waals surface area contributed by atoms with Crippen molar-refractivity contribution in [3.63, 3.8) is 0 Å². The average molecular weight is 334 g/mol. The first-order chi connectivity index (χ1) is 12.3. The van der Waals surface area contributed by atoms with Crippen molar-refractivity contribution >= 4 is 5.97 Å². The smallest absolute Gasteiger partial charge is 0.339 e. The van der Waals surface area contributed by atoms with Crippen molar-refractivity contribution in [2.24, 2.45) is 0 Å². The molecule has 0 aromatic heterocycles. The summed E-state index contributed by atoms with van der Waals surface area (Å²) in [6.07, 6.45) is 0. The molecule has 0 fully saturated rings. The second-order valence-electron chi connectivity index (χ2n) is 5.36. The molecule has 25 heavy (non-hydrogen) atoms. The number of para-hydroxylation sites is 2. The van der Waals surface area contributed by atoms with E-state index in [0.717, 1.165) is 16.9 Å². The summed E-state index contributed by atoms with van der Waals surface area (Å²) in [6, 6.07) is 24.4. The minimum Gasteiger partial charge on any atom is -0.489 e. The van der Waals surface area contributed by atoms with E-state index >= 15 is 0 Å². The van der Waals surface area contributed by atoms with Gasteiger partial charge in [0.2, 0.25) is 0 Å². The van der Waals surface area contributed by atoms with Gasteiger partial charge in [0.15, 0.2) is 0 Å². The Balaban J connectivity index is 1.63. The molecule has 1 N–H and O–H groups in total. The van der Waals surface area contributed by atoms with Crippen LogP contribution in [0.2, 0.25) is 0 Å². The summed E-state index contributed by atoms with van der Waals surface area (Å²) < 4.78 is 11.4. The van der Waals surface area contributed by atoms with E-state index in [1.54, 1.807) is 18.2 Å². The molecule has 0 radical (unpaired) electrons. The van der Waals surface area contributed by atoms with Gasteiger partial charge in [-0.3, -0.25) is 0 Å². The normalized spacial score (nSPS) is 10.2. The molecule has 0 saturated heterocycles. The lowest BCUT2D eigenvalue weighted by atomic mass is 10.1. The van der Waals surface area contributed by atoms with E-state index in [4.69, 9.17) is 14.6 Å². The van der Waals surface area contributed by atoms with Crippen molar-refractivity contribution in [1.82, 2.24) is 0 Å². The summed E-state index contributed by atoms with van der Waals surface area (Å²) >= 11 is 0. The van der Waals surface area contributed by atoms with Gasteiger partial charge in [0.05, 0.1) is 0 Å². The zero-order valence-corrected chi connectivity index (χ0v) is 13.6. The molecule has 126 valence electrons. The van der Waals surface area contributed by atoms with Crippen molar-refractivity contribution in [1.29, 1.82) is 0 Å². The molecule has 0 aliphatic carbocycles. The SMILES string of the molecule is O=C(O)c1ccccc1OCCOc1ccccc1-c1ccccc1. The maximum atomic E-state index is 11.2. The van der Waals surface area contributed by atoms with Crippen LogP contribution in [0.3, 0.4) is 0 Å². The van der Waals surface area contributed by atoms with Crippen LogP contribution >= 0.6 is 0 Å². The van der Waals surface area contributed by atoms with Crippen molar-refractivity contribution in [3.05, 3.63) is 84.4 Å². The maximum Gasteiger partial charge on any atom is 0.339 e. The number of carboxylic acid groups (broad SMARTS) is 1. The first kappa shape index (κ1) is 16.6. The highest BCUT2D eigenvalue weighted by Gasteiger charge is 2.10. The van der Waals surface area contributed by atoms with Gasteiger partial charge >= 0.3 is 5.97 Å². The van der Waals surface area contributed by atoms with Crippen LogP contribution in [0.25, 0.3) is 11.1 Å². The number of aromatic carboxylic acids is 1. The van der Waals surface area contributed by atoms with E-state index in [1.165, 1.54) is 6.07 Å². The number of hydrogen-bond acceptors (Lipinski definition) is 3. The molecule has 4 nitrogen and oxygen atoms in total. The number of hydrogen-bond donors (Lipinski definition) is 1. The Morgan fingerprint density at radius 3 is 2.00 bits per heavy atom. The van der Waals surface area contributed by atoms with Crippen molar-refractivity contribution in [3.8, 4) is 22.6 Å². The lowest BCUT2D eigenvalue weighted by Crippen LogP contribution is -2.11. The molecule has 3 aromatic carbocycles. The third-order valence-corrected chi connectivity index (χ3v) is 3.69. The standard InChI is InChI=1S/C21H18O4/c22-21(23)18-11-5-7-13-20(18)25-15-14-24-19-12-6-4-10-17(19)16-8-2-1-3-9-16/h1-13H,14-15H2,(H,22,23). The van der Waals surface area contributed by atoms with Crippen molar-refractivity contribution < 1.29 is 19.4 Å². The van der Waals surface area contributed by atoms with Crippen LogP contribution in [-0.2, 0) is 0 Å². The zero-order valence-electron chi connectivity index (χ0n) is 13.6. The summed E-state index contributed by atoms with van der Waals surface area (Å²) in [5.74, 6) is 0.102. The van der Waals surface area contributed by atoms with Gasteiger partial charge in [0, 0.05) is 5.56 Å². The van der Waals surface area contributed by atoms with E-state index in [0.29, 0.717) is 12.4 Å². The largest absolute Gasteiger partial charge is 0.489 e. The van der Waals surface area contributed by atoms with Gasteiger partial charge in [0.1, 0.15) is 30.3 Å². The van der Waals surface area contributed by atoms with Crippen LogP contribution in [0.15, 0.2) is 78.9 Å². The van der Waals surface area contributed by atoms with Gasteiger partial charge in [-0.2, -0.15) is 0 Å². The second-order valence-corrected chi connectivity index (χ2v) is 5.36. The molecule has 0 aliphatic rings. The molecule has 0 aliphatic heterocycles. The first-order valence-corrected chi connectivity index (χ1v) is 7.98. The van der Waals surface area contributed by atoms with Crippen LogP contribution in [-0.4, -0.2) is 24.3 Å². The predicted octanol–water partition coefficient (Wildman–Crippen LogP) is 4.51. The number of carboxylic acids is 1. The van der Waals surface area contributed by atoms with Crippen LogP contribution in [0.5, 0.6) is 11.5 Å². The van der Waals surface area contributed by atoms with Crippen LogP contribution in [0.4, 0.5) is 0 Å². The van der Waals surface area contributed by atoms with Crippen LogP contribution < -0.4 is 9.47 Å². The zero-order chi connectivity index (χ0) is 17.5. The minimum atomic E-state index is -1.01. The molecular weight excluding hydrogens is 316 g/mol. The lowest BCUT2D eigenvalue weighted by molar-refractivity contribution is 0.0691. The number of benzene rings is 3. The van der Waals surface area contributed by atoms with Crippen LogP contribution in [0, 0.1) is 0 Å². The number of ether oxygens (including phenoxy) is 2. The predicted molar refractivity (Wildman–Crippen MR) is 96.3 cm³/mol. The van der Waals surface area contributed by atoms with Gasteiger partial charge in [-0.25, -0.2) is 4.79 Å². The number of rotatable bonds is 7. The van der Waals surface area contributed by atoms with Gasteiger partial charge in [-0.05, 0) is 23.8 Å². The van der Waals surface area contributed by atoms with E-state index in [-0.39, 0.29) is 12.2 Å². The minimum absolute atomic E-state index is 0.146. The quantitative estimate of drug-likeness (QED) is 0.646. The molecule has 0 bridgehead atoms. The highest BCUT2D eigenvalue weighted by atomic mass is 16.5. The Morgan fingerprint density at radius 1 is 0.720 bits per heavy atom. The first-order valence-electron chi connectivity index (χ1n) is 7.98. The van der Waals surface area contributed by atoms with E-state index < -0.39 is 5.97 Å². The molecule has 4 heteroatoms. The van der Waals surface area contributed by atoms with Crippen molar-refractivity contribution in [2.75, 3.05) is 13.2 Å². The molecular formula is C21H18O4. The molecule has 0 heterocycles. The highest BCUT2D eigenvalue weighted by molar-refractivity contribution is 5.90. The number of carbonyl (C=O) groups is 1. The molecule has 0 unspecified atom stereocenters. The Bertz CT molecular complexity index is 843. The van der Waals surface area contributed by atoms with Gasteiger partial charge in [-0.1, -0.05) is 60.7 Å². The average Bonchev–Trinajstić information content (AvgIpc) is 2.66. The fourth-order valence-corrected chi connectivity index (χ4v) is 2.52. The van der Waals surface area contributed by atoms with E-state index in [1.807, 2.05) is 54.6 Å². The monoisotopic (exact) mass is 334 g/mol. The summed E-state index contributed by atoms with van der Waals surface area (Å²) in [5.41, 5.74) is 2.23. The van der Waals surface area contributed by atoms with Crippen LogP contribution in [0.1, 0.15) is 10.4 Å². The second kappa shape index (κ2) is 8.02. The van der Waals surface area contributed by atoms with E-state index in [9.17, 15) is 4.79 Å². The Kier molecular flexibility index (Phi) is 5.32. The van der Waals surface area contributed by atoms with Gasteiger partial charge in [-0.15, -0.1) is 0 Å². The van der Waals surface area contributed by atoms with Gasteiger partial charge < -0.3 is 14.6 Å². The summed E-state index contributed by atoms with van der Waals surface area (Å²) in [5, 5.41) is 9.15. The van der Waals surface area contributed by atoms with Gasteiger partial charge in [0.25, 0.3) is 0 Å². The Labute approximate surface area is 146 Å². The molecule has 0 spiro atoms. The third kappa shape index (κ3) is 4.18. The Morgan fingerprint density at radius 2 is 1.28 bits per heavy atom. The fourth-order valence-electron chi connectivity index (χ4n) is 2.52. The van der Waals surface area contributed by atoms with Crippen molar-refractivity contribution in [2.45, 2.75) is 0 Å². The summed E-state index contributed by atoms with van der Waals surface area (Å²) in [7, 11) is 0. The summed E-state index contributed by atoms with van der Waals surface area (Å²) in [6.45, 7) is 0.575. The lowest BCUT2D eigenvalue weighted by Gasteiger charge is -2.13. The molecule has 3 rings (SSSR count).